The molecule has 6 nitrogen and oxygen atoms in total. The number of nitrogens with one attached hydrogen (secondary N) is 1. The summed E-state index contributed by atoms with van der Waals surface area (Å²) in [5, 5.41) is 2.93. The second-order valence-electron chi connectivity index (χ2n) is 7.66. The Kier molecular flexibility index (Phi) is 5.86. The Morgan fingerprint density at radius 3 is 2.71 bits per heavy atom. The highest BCUT2D eigenvalue weighted by Crippen LogP contribution is 2.35. The molecule has 2 aliphatic rings. The molecule has 2 aromatic rings. The average molecular weight is 442 g/mol. The van der Waals surface area contributed by atoms with E-state index in [4.69, 9.17) is 0 Å². The second-order valence-corrected chi connectivity index (χ2v) is 8.60. The van der Waals surface area contributed by atoms with Crippen molar-refractivity contribution in [1.82, 2.24) is 4.90 Å². The molecule has 0 saturated heterocycles. The Morgan fingerprint density at radius 2 is 1.97 bits per heavy atom. The fourth-order valence-corrected chi connectivity index (χ4v) is 4.33. The Balaban J connectivity index is 1.56. The van der Waals surface area contributed by atoms with Crippen LogP contribution in [0.3, 0.4) is 0 Å². The lowest BCUT2D eigenvalue weighted by atomic mass is 10.0. The van der Waals surface area contributed by atoms with Gasteiger partial charge in [-0.25, -0.2) is 13.8 Å². The van der Waals surface area contributed by atoms with Crippen LogP contribution in [0, 0.1) is 17.6 Å². The second kappa shape index (κ2) is 8.58. The van der Waals surface area contributed by atoms with Crippen LogP contribution in [0.1, 0.15) is 25.8 Å². The van der Waals surface area contributed by atoms with E-state index in [1.54, 1.807) is 4.90 Å². The number of hydrogen-bond donors (Lipinski definition) is 1. The van der Waals surface area contributed by atoms with E-state index in [2.05, 4.69) is 15.3 Å². The minimum absolute atomic E-state index is 0.0653. The molecule has 160 valence electrons. The van der Waals surface area contributed by atoms with E-state index in [9.17, 15) is 18.4 Å². The number of rotatable bonds is 5. The summed E-state index contributed by atoms with van der Waals surface area (Å²) < 4.78 is 26.9. The normalized spacial score (nSPS) is 17.3. The van der Waals surface area contributed by atoms with Gasteiger partial charge in [0.2, 0.25) is 5.91 Å². The molecule has 0 spiro atoms. The number of fused-ring (bicyclic) bond motifs is 3. The number of carbonyl (C=O) groups is 2. The van der Waals surface area contributed by atoms with Gasteiger partial charge in [0, 0.05) is 11.6 Å². The molecule has 0 saturated carbocycles. The summed E-state index contributed by atoms with van der Waals surface area (Å²) in [6.45, 7) is 4.05. The number of para-hydroxylation sites is 1. The maximum Gasteiger partial charge on any atom is 0.270 e. The zero-order valence-electron chi connectivity index (χ0n) is 16.9. The molecule has 31 heavy (non-hydrogen) atoms. The van der Waals surface area contributed by atoms with Crippen LogP contribution in [0.15, 0.2) is 52.4 Å². The Labute approximate surface area is 182 Å². The molecule has 2 amide bonds. The molecule has 2 aliphatic heterocycles. The van der Waals surface area contributed by atoms with Crippen LogP contribution in [-0.2, 0) is 9.59 Å². The maximum atomic E-state index is 13.8. The van der Waals surface area contributed by atoms with E-state index in [0.717, 1.165) is 23.4 Å². The van der Waals surface area contributed by atoms with Crippen LogP contribution >= 0.6 is 11.8 Å². The molecular formula is C22H20F2N4O2S. The highest BCUT2D eigenvalue weighted by molar-refractivity contribution is 8.14. The van der Waals surface area contributed by atoms with Crippen molar-refractivity contribution >= 4 is 46.0 Å². The van der Waals surface area contributed by atoms with Crippen molar-refractivity contribution < 1.29 is 18.4 Å². The van der Waals surface area contributed by atoms with E-state index in [-0.39, 0.29) is 23.3 Å². The number of thioether (sulfide) groups is 1. The van der Waals surface area contributed by atoms with Gasteiger partial charge in [-0.05, 0) is 36.6 Å². The third-order valence-corrected chi connectivity index (χ3v) is 5.79. The third-order valence-electron chi connectivity index (χ3n) is 4.84. The summed E-state index contributed by atoms with van der Waals surface area (Å²) in [6.07, 6.45) is 0.598. The van der Waals surface area contributed by atoms with Crippen molar-refractivity contribution in [3.8, 4) is 0 Å². The molecule has 0 aliphatic carbocycles. The summed E-state index contributed by atoms with van der Waals surface area (Å²) >= 11 is 1.14. The van der Waals surface area contributed by atoms with Gasteiger partial charge in [0.1, 0.15) is 23.5 Å². The number of amidine groups is 2. The number of nitrogens with zero attached hydrogens (tertiary/aromatic N) is 3. The average Bonchev–Trinajstić information content (AvgIpc) is 3.04. The van der Waals surface area contributed by atoms with E-state index >= 15 is 0 Å². The van der Waals surface area contributed by atoms with Crippen molar-refractivity contribution in [1.29, 1.82) is 0 Å². The summed E-state index contributed by atoms with van der Waals surface area (Å²) in [5.41, 5.74) is 1.34. The number of carbonyl (C=O) groups excluding carboxylic acids is 2. The van der Waals surface area contributed by atoms with Crippen LogP contribution in [0.2, 0.25) is 0 Å². The van der Waals surface area contributed by atoms with Crippen molar-refractivity contribution in [3.05, 3.63) is 59.7 Å². The predicted molar refractivity (Wildman–Crippen MR) is 118 cm³/mol. The van der Waals surface area contributed by atoms with Crippen molar-refractivity contribution in [2.75, 3.05) is 11.1 Å². The topological polar surface area (TPSA) is 74.1 Å². The van der Waals surface area contributed by atoms with Gasteiger partial charge in [-0.2, -0.15) is 4.99 Å². The van der Waals surface area contributed by atoms with E-state index < -0.39 is 23.6 Å². The van der Waals surface area contributed by atoms with Crippen LogP contribution in [-0.4, -0.2) is 39.5 Å². The lowest BCUT2D eigenvalue weighted by molar-refractivity contribution is -0.120. The van der Waals surface area contributed by atoms with E-state index in [1.807, 2.05) is 38.1 Å². The number of halogens is 2. The number of hydrogen-bond acceptors (Lipinski definition) is 5. The maximum absolute atomic E-state index is 13.8. The fraction of sp³-hybridized carbons (Fsp3) is 0.273. The molecule has 4 rings (SSSR count). The van der Waals surface area contributed by atoms with Gasteiger partial charge in [-0.3, -0.25) is 14.5 Å². The van der Waals surface area contributed by atoms with Crippen molar-refractivity contribution in [2.24, 2.45) is 15.9 Å². The monoisotopic (exact) mass is 442 g/mol. The summed E-state index contributed by atoms with van der Waals surface area (Å²) in [6, 6.07) is 9.86. The first-order chi connectivity index (χ1) is 14.8. The molecule has 0 radical (unpaired) electrons. The van der Waals surface area contributed by atoms with Crippen molar-refractivity contribution in [2.45, 2.75) is 26.3 Å². The molecule has 1 N–H and O–H groups in total. The van der Waals surface area contributed by atoms with Crippen LogP contribution < -0.4 is 5.32 Å². The van der Waals surface area contributed by atoms with Gasteiger partial charge < -0.3 is 5.32 Å². The lowest BCUT2D eigenvalue weighted by Crippen LogP contribution is -2.44. The molecule has 2 heterocycles. The highest BCUT2D eigenvalue weighted by Gasteiger charge is 2.41. The predicted octanol–water partition coefficient (Wildman–Crippen LogP) is 4.34. The molecular weight excluding hydrogens is 422 g/mol. The largest absolute Gasteiger partial charge is 0.323 e. The zero-order valence-corrected chi connectivity index (χ0v) is 17.7. The van der Waals surface area contributed by atoms with Gasteiger partial charge in [-0.15, -0.1) is 0 Å². The molecule has 1 unspecified atom stereocenters. The van der Waals surface area contributed by atoms with Gasteiger partial charge in [-0.1, -0.05) is 37.7 Å². The first kappa shape index (κ1) is 21.2. The minimum Gasteiger partial charge on any atom is -0.323 e. The number of amides is 2. The van der Waals surface area contributed by atoms with Gasteiger partial charge in [0.15, 0.2) is 5.17 Å². The first-order valence-electron chi connectivity index (χ1n) is 9.81. The standard InChI is InChI=1S/C22H20F2N4O2S/c1-12(2)9-18-21(30)27-20-14-5-3-4-6-16(14)26-22(28(18)20)31-11-19(29)25-17-8-7-13(23)10-15(17)24/h3-8,10,12,18H,9,11H2,1-2H3,(H,25,29). The Morgan fingerprint density at radius 1 is 1.19 bits per heavy atom. The third kappa shape index (κ3) is 4.36. The summed E-state index contributed by atoms with van der Waals surface area (Å²) in [5.74, 6) is -1.54. The highest BCUT2D eigenvalue weighted by atomic mass is 32.2. The van der Waals surface area contributed by atoms with E-state index in [0.29, 0.717) is 29.2 Å². The molecule has 9 heteroatoms. The molecule has 0 fully saturated rings. The SMILES string of the molecule is CC(C)CC1C(=O)N=C2c3ccccc3N=C(SCC(=O)Nc3ccc(F)cc3F)N21. The minimum atomic E-state index is -0.848. The van der Waals surface area contributed by atoms with Crippen LogP contribution in [0.25, 0.3) is 0 Å². The Hall–Kier alpha value is -3.07. The lowest BCUT2D eigenvalue weighted by Gasteiger charge is -2.31. The van der Waals surface area contributed by atoms with Crippen LogP contribution in [0.4, 0.5) is 20.2 Å². The zero-order chi connectivity index (χ0) is 22.1. The van der Waals surface area contributed by atoms with Crippen LogP contribution in [0.5, 0.6) is 0 Å². The fourth-order valence-electron chi connectivity index (χ4n) is 3.48. The van der Waals surface area contributed by atoms with Crippen molar-refractivity contribution in [3.63, 3.8) is 0 Å². The number of benzene rings is 2. The number of anilines is 1. The summed E-state index contributed by atoms with van der Waals surface area (Å²) in [4.78, 5) is 35.7. The Bertz CT molecular complexity index is 1120. The molecule has 2 aromatic carbocycles. The quantitative estimate of drug-likeness (QED) is 0.748. The number of aliphatic imine (C=N–C) groups is 2. The molecule has 0 bridgehead atoms. The molecule has 0 aromatic heterocycles. The molecule has 1 atom stereocenters. The van der Waals surface area contributed by atoms with Gasteiger partial charge in [0.25, 0.3) is 5.91 Å². The van der Waals surface area contributed by atoms with Gasteiger partial charge in [0.05, 0.1) is 17.1 Å². The van der Waals surface area contributed by atoms with E-state index in [1.165, 1.54) is 6.07 Å². The first-order valence-corrected chi connectivity index (χ1v) is 10.8. The summed E-state index contributed by atoms with van der Waals surface area (Å²) in [7, 11) is 0. The van der Waals surface area contributed by atoms with Gasteiger partial charge >= 0.3 is 0 Å². The smallest absolute Gasteiger partial charge is 0.270 e.